The number of nitrogens with two attached hydrogens (primary N) is 1. The van der Waals surface area contributed by atoms with Gasteiger partial charge in [-0.15, -0.1) is 10.2 Å². The Hall–Kier alpha value is -1.95. The predicted octanol–water partition coefficient (Wildman–Crippen LogP) is 0.353. The van der Waals surface area contributed by atoms with Gasteiger partial charge in [-0.3, -0.25) is 0 Å². The average molecular weight is 206 g/mol. The molecule has 1 aromatic heterocycles. The molecule has 0 atom stereocenters. The van der Waals surface area contributed by atoms with Gasteiger partial charge in [-0.1, -0.05) is 6.58 Å². The van der Waals surface area contributed by atoms with Crippen molar-refractivity contribution in [3.05, 3.63) is 24.4 Å². The fourth-order valence-corrected chi connectivity index (χ4v) is 0.836. The van der Waals surface area contributed by atoms with Crippen LogP contribution in [0.4, 0.5) is 5.82 Å². The molecule has 80 valence electrons. The van der Waals surface area contributed by atoms with Gasteiger partial charge in [0.15, 0.2) is 5.82 Å². The van der Waals surface area contributed by atoms with Crippen LogP contribution in [0.5, 0.6) is 0 Å². The van der Waals surface area contributed by atoms with Gasteiger partial charge in [-0.2, -0.15) is 5.10 Å². The zero-order valence-corrected chi connectivity index (χ0v) is 8.59. The molecule has 1 heterocycles. The van der Waals surface area contributed by atoms with Gasteiger partial charge in [-0.05, 0) is 25.1 Å². The van der Waals surface area contributed by atoms with E-state index in [2.05, 4.69) is 27.3 Å². The fourth-order valence-electron chi connectivity index (χ4n) is 0.836. The summed E-state index contributed by atoms with van der Waals surface area (Å²) in [5.74, 6) is 6.16. The highest BCUT2D eigenvalue weighted by molar-refractivity contribution is 5.75. The van der Waals surface area contributed by atoms with Crippen LogP contribution in [0.3, 0.4) is 0 Å². The van der Waals surface area contributed by atoms with Crippen LogP contribution in [0, 0.1) is 0 Å². The zero-order valence-electron chi connectivity index (χ0n) is 8.59. The highest BCUT2D eigenvalue weighted by Gasteiger charge is 1.99. The van der Waals surface area contributed by atoms with Crippen LogP contribution < -0.4 is 16.3 Å². The van der Waals surface area contributed by atoms with Crippen LogP contribution in [-0.2, 0) is 0 Å². The second kappa shape index (κ2) is 5.71. The number of rotatable bonds is 5. The van der Waals surface area contributed by atoms with E-state index in [1.165, 1.54) is 11.3 Å². The summed E-state index contributed by atoms with van der Waals surface area (Å²) in [7, 11) is 0. The third-order valence-corrected chi connectivity index (χ3v) is 1.58. The Morgan fingerprint density at radius 3 is 2.93 bits per heavy atom. The van der Waals surface area contributed by atoms with Crippen molar-refractivity contribution in [2.45, 2.75) is 6.92 Å². The first-order valence-corrected chi connectivity index (χ1v) is 4.54. The molecule has 1 rings (SSSR count). The molecule has 1 aromatic rings. The minimum absolute atomic E-state index is 0.516. The molecule has 0 spiro atoms. The quantitative estimate of drug-likeness (QED) is 0.314. The summed E-state index contributed by atoms with van der Waals surface area (Å²) < 4.78 is 0. The molecule has 0 amide bonds. The van der Waals surface area contributed by atoms with Crippen molar-refractivity contribution in [1.82, 2.24) is 15.6 Å². The van der Waals surface area contributed by atoms with Crippen LogP contribution in [0.1, 0.15) is 12.6 Å². The van der Waals surface area contributed by atoms with E-state index in [-0.39, 0.29) is 0 Å². The van der Waals surface area contributed by atoms with Gasteiger partial charge >= 0.3 is 0 Å². The summed E-state index contributed by atoms with van der Waals surface area (Å²) in [4.78, 5) is 0. The molecular weight excluding hydrogens is 192 g/mol. The van der Waals surface area contributed by atoms with E-state index in [0.717, 1.165) is 6.54 Å². The zero-order chi connectivity index (χ0) is 11.1. The van der Waals surface area contributed by atoms with Crippen molar-refractivity contribution < 1.29 is 0 Å². The number of nitrogens with one attached hydrogen (secondary N) is 1. The Morgan fingerprint density at radius 1 is 1.60 bits per heavy atom. The maximum Gasteiger partial charge on any atom is 0.170 e. The van der Waals surface area contributed by atoms with Crippen molar-refractivity contribution >= 4 is 18.2 Å². The molecule has 15 heavy (non-hydrogen) atoms. The first-order valence-electron chi connectivity index (χ1n) is 4.54. The van der Waals surface area contributed by atoms with Crippen LogP contribution in [0.15, 0.2) is 23.8 Å². The third kappa shape index (κ3) is 3.35. The molecule has 0 aliphatic rings. The molecule has 0 bridgehead atoms. The SMILES string of the molecule is C=Cc1ccc(N(N)/C=N\NCC)nn1. The van der Waals surface area contributed by atoms with E-state index in [1.54, 1.807) is 18.2 Å². The molecule has 0 unspecified atom stereocenters. The predicted molar refractivity (Wildman–Crippen MR) is 61.0 cm³/mol. The molecule has 0 aliphatic carbocycles. The van der Waals surface area contributed by atoms with E-state index in [1.807, 2.05) is 6.92 Å². The molecule has 0 radical (unpaired) electrons. The lowest BCUT2D eigenvalue weighted by molar-refractivity contribution is 0.782. The minimum Gasteiger partial charge on any atom is -0.309 e. The van der Waals surface area contributed by atoms with E-state index in [4.69, 9.17) is 5.84 Å². The van der Waals surface area contributed by atoms with Crippen LogP contribution in [-0.4, -0.2) is 23.1 Å². The fraction of sp³-hybridized carbons (Fsp3) is 0.222. The second-order valence-corrected chi connectivity index (χ2v) is 2.68. The number of hydrazone groups is 1. The molecule has 0 saturated heterocycles. The maximum atomic E-state index is 5.64. The number of nitrogens with zero attached hydrogens (tertiary/aromatic N) is 4. The Labute approximate surface area is 88.5 Å². The van der Waals surface area contributed by atoms with Gasteiger partial charge in [-0.25, -0.2) is 10.9 Å². The molecule has 0 aliphatic heterocycles. The Bertz CT molecular complexity index is 331. The van der Waals surface area contributed by atoms with Crippen LogP contribution >= 0.6 is 0 Å². The first-order chi connectivity index (χ1) is 7.27. The average Bonchev–Trinajstić information content (AvgIpc) is 2.29. The summed E-state index contributed by atoms with van der Waals surface area (Å²) in [6.45, 7) is 6.27. The first kappa shape index (κ1) is 11.1. The summed E-state index contributed by atoms with van der Waals surface area (Å²) in [5.41, 5.74) is 3.46. The number of aromatic nitrogens is 2. The van der Waals surface area contributed by atoms with Gasteiger partial charge in [0.2, 0.25) is 0 Å². The van der Waals surface area contributed by atoms with Crippen molar-refractivity contribution in [3.63, 3.8) is 0 Å². The van der Waals surface area contributed by atoms with Gasteiger partial charge in [0.1, 0.15) is 6.34 Å². The normalized spacial score (nSPS) is 10.3. The standard InChI is InChI=1S/C9H14N6/c1-3-8-5-6-9(14-13-8)15(10)7-12-11-4-2/h3,5-7,11H,1,4,10H2,2H3/b12-7-. The summed E-state index contributed by atoms with van der Waals surface area (Å²) in [6.07, 6.45) is 3.05. The number of hydrogen-bond acceptors (Lipinski definition) is 5. The minimum atomic E-state index is 0.516. The molecule has 3 N–H and O–H groups in total. The Morgan fingerprint density at radius 2 is 2.40 bits per heavy atom. The Balaban J connectivity index is 2.65. The lowest BCUT2D eigenvalue weighted by Crippen LogP contribution is -2.31. The van der Waals surface area contributed by atoms with Crippen LogP contribution in [0.25, 0.3) is 6.08 Å². The summed E-state index contributed by atoms with van der Waals surface area (Å²) in [6, 6.07) is 3.51. The highest BCUT2D eigenvalue weighted by Crippen LogP contribution is 2.04. The molecule has 6 heteroatoms. The van der Waals surface area contributed by atoms with Crippen molar-refractivity contribution in [1.29, 1.82) is 0 Å². The topological polar surface area (TPSA) is 79.4 Å². The lowest BCUT2D eigenvalue weighted by Gasteiger charge is -2.09. The Kier molecular flexibility index (Phi) is 4.24. The van der Waals surface area contributed by atoms with Gasteiger partial charge < -0.3 is 5.43 Å². The van der Waals surface area contributed by atoms with Crippen molar-refractivity contribution in [2.24, 2.45) is 10.9 Å². The molecule has 0 aromatic carbocycles. The van der Waals surface area contributed by atoms with E-state index in [9.17, 15) is 0 Å². The largest absolute Gasteiger partial charge is 0.309 e. The smallest absolute Gasteiger partial charge is 0.170 e. The number of hydrogen-bond donors (Lipinski definition) is 2. The lowest BCUT2D eigenvalue weighted by atomic mass is 10.4. The summed E-state index contributed by atoms with van der Waals surface area (Å²) in [5, 5.41) is 12.9. The second-order valence-electron chi connectivity index (χ2n) is 2.68. The van der Waals surface area contributed by atoms with E-state index in [0.29, 0.717) is 11.5 Å². The third-order valence-electron chi connectivity index (χ3n) is 1.58. The molecular formula is C9H14N6. The van der Waals surface area contributed by atoms with Gasteiger partial charge in [0.05, 0.1) is 5.69 Å². The van der Waals surface area contributed by atoms with E-state index < -0.39 is 0 Å². The monoisotopic (exact) mass is 206 g/mol. The number of anilines is 1. The highest BCUT2D eigenvalue weighted by atomic mass is 15.5. The van der Waals surface area contributed by atoms with Gasteiger partial charge in [0, 0.05) is 6.54 Å². The van der Waals surface area contributed by atoms with Crippen LogP contribution in [0.2, 0.25) is 0 Å². The number of hydrazine groups is 1. The van der Waals surface area contributed by atoms with E-state index >= 15 is 0 Å². The molecule has 0 saturated carbocycles. The molecule has 0 fully saturated rings. The summed E-state index contributed by atoms with van der Waals surface area (Å²) >= 11 is 0. The maximum absolute atomic E-state index is 5.64. The van der Waals surface area contributed by atoms with Crippen molar-refractivity contribution in [2.75, 3.05) is 11.6 Å². The van der Waals surface area contributed by atoms with Gasteiger partial charge in [0.25, 0.3) is 0 Å². The molecule has 6 nitrogen and oxygen atoms in total. The van der Waals surface area contributed by atoms with Crippen molar-refractivity contribution in [3.8, 4) is 0 Å².